The van der Waals surface area contributed by atoms with E-state index in [2.05, 4.69) is 39.3 Å². The number of piperidine rings is 1. The highest BCUT2D eigenvalue weighted by molar-refractivity contribution is 7.80. The van der Waals surface area contributed by atoms with Gasteiger partial charge in [0.1, 0.15) is 11.0 Å². The molecule has 0 spiro atoms. The van der Waals surface area contributed by atoms with Gasteiger partial charge in [0.2, 0.25) is 5.95 Å². The summed E-state index contributed by atoms with van der Waals surface area (Å²) in [6.07, 6.45) is 2.12. The molecule has 1 saturated heterocycles. The summed E-state index contributed by atoms with van der Waals surface area (Å²) in [5.41, 5.74) is 0. The van der Waals surface area contributed by atoms with Crippen LogP contribution in [-0.2, 0) is 4.74 Å². The van der Waals surface area contributed by atoms with Gasteiger partial charge in [-0.25, -0.2) is 4.98 Å². The van der Waals surface area contributed by atoms with Gasteiger partial charge in [-0.2, -0.15) is 4.98 Å². The van der Waals surface area contributed by atoms with Crippen molar-refractivity contribution in [2.45, 2.75) is 26.7 Å². The van der Waals surface area contributed by atoms with E-state index in [1.165, 1.54) is 6.42 Å². The molecule has 0 aromatic carbocycles. The Bertz CT molecular complexity index is 549. The number of halogens is 1. The number of hydrogen-bond acceptors (Lipinski definition) is 5. The summed E-state index contributed by atoms with van der Waals surface area (Å²) < 4.78 is 5.01. The predicted molar refractivity (Wildman–Crippen MR) is 103 cm³/mol. The van der Waals surface area contributed by atoms with E-state index in [1.807, 2.05) is 6.07 Å². The number of aromatic nitrogens is 2. The van der Waals surface area contributed by atoms with Crippen LogP contribution in [0.3, 0.4) is 0 Å². The first-order valence-corrected chi connectivity index (χ1v) is 9.10. The lowest BCUT2D eigenvalue weighted by molar-refractivity contribution is 0.196. The average molecular weight is 372 g/mol. The lowest BCUT2D eigenvalue weighted by Crippen LogP contribution is -2.39. The van der Waals surface area contributed by atoms with Gasteiger partial charge in [-0.1, -0.05) is 25.4 Å². The van der Waals surface area contributed by atoms with Crippen molar-refractivity contribution in [2.75, 3.05) is 43.6 Å². The highest BCUT2D eigenvalue weighted by Gasteiger charge is 2.23. The number of rotatable bonds is 6. The molecule has 0 saturated carbocycles. The average Bonchev–Trinajstić information content (AvgIpc) is 2.50. The highest BCUT2D eigenvalue weighted by Crippen LogP contribution is 2.26. The Kier molecular flexibility index (Phi) is 7.45. The van der Waals surface area contributed by atoms with Gasteiger partial charge in [0, 0.05) is 39.4 Å². The summed E-state index contributed by atoms with van der Waals surface area (Å²) in [6.45, 7) is 7.92. The SMILES string of the molecule is COCCCNC(=S)Nc1nc(Cl)cc(N2CC(C)CC(C)C2)n1. The maximum absolute atomic E-state index is 6.17. The van der Waals surface area contributed by atoms with Crippen LogP contribution in [0.15, 0.2) is 6.07 Å². The summed E-state index contributed by atoms with van der Waals surface area (Å²) in [5.74, 6) is 2.55. The Morgan fingerprint density at radius 3 is 2.75 bits per heavy atom. The van der Waals surface area contributed by atoms with Gasteiger partial charge in [0.05, 0.1) is 0 Å². The molecule has 0 radical (unpaired) electrons. The number of thiocarbonyl (C=S) groups is 1. The van der Waals surface area contributed by atoms with Crippen LogP contribution in [0.4, 0.5) is 11.8 Å². The van der Waals surface area contributed by atoms with Gasteiger partial charge in [0.15, 0.2) is 5.11 Å². The Morgan fingerprint density at radius 1 is 1.38 bits per heavy atom. The standard InChI is InChI=1S/C16H26ClN5OS/c1-11-7-12(2)10-22(9-11)14-8-13(17)19-15(20-14)21-16(24)18-5-4-6-23-3/h8,11-12H,4-7,9-10H2,1-3H3,(H2,18,19,20,21,24). The van der Waals surface area contributed by atoms with Gasteiger partial charge in [-0.05, 0) is 36.9 Å². The number of nitrogens with one attached hydrogen (secondary N) is 2. The van der Waals surface area contributed by atoms with Crippen molar-refractivity contribution in [1.82, 2.24) is 15.3 Å². The van der Waals surface area contributed by atoms with Crippen LogP contribution in [-0.4, -0.2) is 48.4 Å². The Hall–Kier alpha value is -1.18. The summed E-state index contributed by atoms with van der Waals surface area (Å²) >= 11 is 11.4. The Morgan fingerprint density at radius 2 is 2.08 bits per heavy atom. The maximum Gasteiger partial charge on any atom is 0.232 e. The second-order valence-electron chi connectivity index (χ2n) is 6.45. The van der Waals surface area contributed by atoms with Crippen LogP contribution in [0, 0.1) is 11.8 Å². The Balaban J connectivity index is 1.99. The van der Waals surface area contributed by atoms with E-state index < -0.39 is 0 Å². The minimum atomic E-state index is 0.413. The molecule has 1 aliphatic heterocycles. The zero-order chi connectivity index (χ0) is 17.5. The number of methoxy groups -OCH3 is 1. The first-order valence-electron chi connectivity index (χ1n) is 8.31. The number of hydrogen-bond donors (Lipinski definition) is 2. The van der Waals surface area contributed by atoms with Crippen molar-refractivity contribution in [3.8, 4) is 0 Å². The van der Waals surface area contributed by atoms with Crippen LogP contribution in [0.1, 0.15) is 26.7 Å². The molecule has 1 aromatic heterocycles. The van der Waals surface area contributed by atoms with Gasteiger partial charge in [-0.3, -0.25) is 0 Å². The molecule has 8 heteroatoms. The van der Waals surface area contributed by atoms with E-state index in [0.717, 1.165) is 31.9 Å². The van der Waals surface area contributed by atoms with Crippen LogP contribution in [0.25, 0.3) is 0 Å². The molecule has 2 N–H and O–H groups in total. The second kappa shape index (κ2) is 9.34. The minimum Gasteiger partial charge on any atom is -0.385 e. The van der Waals surface area contributed by atoms with Crippen molar-refractivity contribution in [3.05, 3.63) is 11.2 Å². The van der Waals surface area contributed by atoms with E-state index in [4.69, 9.17) is 28.6 Å². The number of anilines is 2. The zero-order valence-electron chi connectivity index (χ0n) is 14.5. The molecule has 1 aromatic rings. The van der Waals surface area contributed by atoms with E-state index >= 15 is 0 Å². The van der Waals surface area contributed by atoms with Crippen LogP contribution in [0.5, 0.6) is 0 Å². The molecule has 0 aliphatic carbocycles. The summed E-state index contributed by atoms with van der Waals surface area (Å²) in [4.78, 5) is 11.1. The van der Waals surface area contributed by atoms with Crippen molar-refractivity contribution in [1.29, 1.82) is 0 Å². The van der Waals surface area contributed by atoms with Crippen molar-refractivity contribution < 1.29 is 4.74 Å². The molecular formula is C16H26ClN5OS. The predicted octanol–water partition coefficient (Wildman–Crippen LogP) is 2.94. The summed E-state index contributed by atoms with van der Waals surface area (Å²) in [7, 11) is 1.68. The largest absolute Gasteiger partial charge is 0.385 e. The van der Waals surface area contributed by atoms with Crippen LogP contribution >= 0.6 is 23.8 Å². The quantitative estimate of drug-likeness (QED) is 0.453. The zero-order valence-corrected chi connectivity index (χ0v) is 16.1. The summed E-state index contributed by atoms with van der Waals surface area (Å²) in [6, 6.07) is 1.81. The molecule has 1 fully saturated rings. The van der Waals surface area contributed by atoms with Gasteiger partial charge in [0.25, 0.3) is 0 Å². The van der Waals surface area contributed by atoms with Gasteiger partial charge >= 0.3 is 0 Å². The fourth-order valence-electron chi connectivity index (χ4n) is 3.04. The first-order chi connectivity index (χ1) is 11.5. The van der Waals surface area contributed by atoms with E-state index in [0.29, 0.717) is 34.7 Å². The number of ether oxygens (including phenoxy) is 1. The van der Waals surface area contributed by atoms with Gasteiger partial charge in [-0.15, -0.1) is 0 Å². The van der Waals surface area contributed by atoms with Crippen LogP contribution < -0.4 is 15.5 Å². The third-order valence-electron chi connectivity index (χ3n) is 3.91. The smallest absolute Gasteiger partial charge is 0.232 e. The van der Waals surface area contributed by atoms with E-state index in [-0.39, 0.29) is 0 Å². The molecule has 1 aliphatic rings. The Labute approximate surface area is 154 Å². The third-order valence-corrected chi connectivity index (χ3v) is 4.35. The van der Waals surface area contributed by atoms with E-state index in [1.54, 1.807) is 7.11 Å². The third kappa shape index (κ3) is 6.03. The maximum atomic E-state index is 6.17. The van der Waals surface area contributed by atoms with Crippen LogP contribution in [0.2, 0.25) is 5.15 Å². The first kappa shape index (κ1) is 19.1. The molecule has 0 bridgehead atoms. The molecule has 2 rings (SSSR count). The fourth-order valence-corrected chi connectivity index (χ4v) is 3.41. The summed E-state index contributed by atoms with van der Waals surface area (Å²) in [5, 5.41) is 7.01. The molecule has 2 atom stereocenters. The minimum absolute atomic E-state index is 0.413. The van der Waals surface area contributed by atoms with Crippen molar-refractivity contribution in [2.24, 2.45) is 11.8 Å². The number of nitrogens with zero attached hydrogens (tertiary/aromatic N) is 3. The molecule has 6 nitrogen and oxygen atoms in total. The second-order valence-corrected chi connectivity index (χ2v) is 7.25. The lowest BCUT2D eigenvalue weighted by Gasteiger charge is -2.35. The highest BCUT2D eigenvalue weighted by atomic mass is 35.5. The van der Waals surface area contributed by atoms with Gasteiger partial charge < -0.3 is 20.3 Å². The molecule has 2 unspecified atom stereocenters. The van der Waals surface area contributed by atoms with E-state index in [9.17, 15) is 0 Å². The molecule has 24 heavy (non-hydrogen) atoms. The monoisotopic (exact) mass is 371 g/mol. The normalized spacial score (nSPS) is 20.8. The molecular weight excluding hydrogens is 346 g/mol. The molecule has 134 valence electrons. The molecule has 0 amide bonds. The topological polar surface area (TPSA) is 62.3 Å². The van der Waals surface area contributed by atoms with Crippen molar-refractivity contribution >= 4 is 40.7 Å². The lowest BCUT2D eigenvalue weighted by atomic mass is 9.92. The fraction of sp³-hybridized carbons (Fsp3) is 0.688. The molecule has 2 heterocycles. The van der Waals surface area contributed by atoms with Crippen molar-refractivity contribution in [3.63, 3.8) is 0 Å².